The fourth-order valence-electron chi connectivity index (χ4n) is 3.11. The van der Waals surface area contributed by atoms with Gasteiger partial charge in [-0.05, 0) is 31.9 Å². The molecule has 1 fully saturated rings. The summed E-state index contributed by atoms with van der Waals surface area (Å²) in [5.41, 5.74) is 0.947. The van der Waals surface area contributed by atoms with Crippen LogP contribution in [-0.4, -0.2) is 52.3 Å². The second kappa shape index (κ2) is 9.70. The molecule has 1 amide bonds. The summed E-state index contributed by atoms with van der Waals surface area (Å²) in [7, 11) is 0. The topological polar surface area (TPSA) is 87.4 Å². The highest BCUT2D eigenvalue weighted by Gasteiger charge is 2.30. The summed E-state index contributed by atoms with van der Waals surface area (Å²) in [5, 5.41) is 14.3. The predicted octanol–water partition coefficient (Wildman–Crippen LogP) is 1.42. The molecule has 1 aliphatic heterocycles. The second-order valence-corrected chi connectivity index (χ2v) is 6.55. The number of guanidine groups is 1. The summed E-state index contributed by atoms with van der Waals surface area (Å²) in [5.74, 6) is 0.915. The Balaban J connectivity index is 1.47. The average molecular weight is 369 g/mol. The van der Waals surface area contributed by atoms with E-state index in [1.54, 1.807) is 12.7 Å². The highest BCUT2D eigenvalue weighted by molar-refractivity contribution is 5.97. The minimum Gasteiger partial charge on any atom is -0.357 e. The van der Waals surface area contributed by atoms with Crippen LogP contribution in [0.5, 0.6) is 0 Å². The van der Waals surface area contributed by atoms with E-state index in [0.717, 1.165) is 44.1 Å². The van der Waals surface area contributed by atoms with Crippen LogP contribution in [0.15, 0.2) is 48.0 Å². The summed E-state index contributed by atoms with van der Waals surface area (Å²) >= 11 is 0. The molecule has 2 aromatic rings. The molecule has 0 saturated carbocycles. The number of carbonyl (C=O) groups is 1. The van der Waals surface area contributed by atoms with Gasteiger partial charge in [-0.2, -0.15) is 0 Å². The van der Waals surface area contributed by atoms with Crippen LogP contribution in [0.3, 0.4) is 0 Å². The summed E-state index contributed by atoms with van der Waals surface area (Å²) in [4.78, 5) is 18.8. The summed E-state index contributed by atoms with van der Waals surface area (Å²) in [6.45, 7) is 5.12. The van der Waals surface area contributed by atoms with Crippen LogP contribution in [0.1, 0.15) is 26.2 Å². The van der Waals surface area contributed by atoms with Gasteiger partial charge in [0.1, 0.15) is 12.7 Å². The third kappa shape index (κ3) is 5.54. The Bertz CT molecular complexity index is 730. The molecule has 1 saturated heterocycles. The van der Waals surface area contributed by atoms with E-state index in [0.29, 0.717) is 13.0 Å². The molecule has 0 bridgehead atoms. The smallest absolute Gasteiger partial charge is 0.229 e. The molecule has 8 heteroatoms. The average Bonchev–Trinajstić information content (AvgIpc) is 3.32. The number of aryl methyl sites for hydroxylation is 1. The largest absolute Gasteiger partial charge is 0.357 e. The normalized spacial score (nSPS) is 17.4. The Morgan fingerprint density at radius 3 is 2.74 bits per heavy atom. The van der Waals surface area contributed by atoms with Crippen LogP contribution in [0.2, 0.25) is 0 Å². The molecule has 1 aromatic carbocycles. The number of nitrogens with zero attached hydrogens (tertiary/aromatic N) is 5. The number of aromatic nitrogens is 3. The molecule has 2 heterocycles. The molecule has 2 N–H and O–H groups in total. The maximum Gasteiger partial charge on any atom is 0.229 e. The third-order valence-electron chi connectivity index (χ3n) is 4.44. The first kappa shape index (κ1) is 18.9. The van der Waals surface area contributed by atoms with E-state index in [-0.39, 0.29) is 11.9 Å². The first-order valence-electron chi connectivity index (χ1n) is 9.49. The Hall–Kier alpha value is -2.90. The van der Waals surface area contributed by atoms with Crippen LogP contribution in [0, 0.1) is 0 Å². The van der Waals surface area contributed by atoms with Crippen molar-refractivity contribution >= 4 is 17.6 Å². The molecule has 144 valence electrons. The van der Waals surface area contributed by atoms with E-state index >= 15 is 0 Å². The first-order valence-corrected chi connectivity index (χ1v) is 9.49. The maximum absolute atomic E-state index is 12.3. The molecule has 1 unspecified atom stereocenters. The predicted molar refractivity (Wildman–Crippen MR) is 106 cm³/mol. The van der Waals surface area contributed by atoms with Gasteiger partial charge in [0.05, 0.1) is 6.04 Å². The number of hydrogen-bond acceptors (Lipinski definition) is 4. The summed E-state index contributed by atoms with van der Waals surface area (Å²) in [6.07, 6.45) is 5.93. The van der Waals surface area contributed by atoms with E-state index in [9.17, 15) is 4.79 Å². The Labute approximate surface area is 159 Å². The third-order valence-corrected chi connectivity index (χ3v) is 4.44. The number of carbonyl (C=O) groups excluding carboxylic acids is 1. The molecule has 0 aliphatic carbocycles. The zero-order chi connectivity index (χ0) is 18.9. The van der Waals surface area contributed by atoms with Gasteiger partial charge in [-0.25, -0.2) is 0 Å². The van der Waals surface area contributed by atoms with Crippen molar-refractivity contribution in [3.8, 4) is 0 Å². The molecule has 27 heavy (non-hydrogen) atoms. The van der Waals surface area contributed by atoms with Crippen molar-refractivity contribution in [2.24, 2.45) is 4.99 Å². The number of unbranched alkanes of at least 4 members (excludes halogenated alkanes) is 1. The number of benzene rings is 1. The molecular formula is C19H27N7O. The van der Waals surface area contributed by atoms with Gasteiger partial charge >= 0.3 is 0 Å². The van der Waals surface area contributed by atoms with Gasteiger partial charge < -0.3 is 20.1 Å². The van der Waals surface area contributed by atoms with Crippen LogP contribution in [0.4, 0.5) is 5.69 Å². The lowest BCUT2D eigenvalue weighted by molar-refractivity contribution is -0.117. The van der Waals surface area contributed by atoms with E-state index < -0.39 is 0 Å². The van der Waals surface area contributed by atoms with E-state index in [4.69, 9.17) is 0 Å². The van der Waals surface area contributed by atoms with Gasteiger partial charge in [-0.1, -0.05) is 18.2 Å². The number of amides is 1. The molecule has 1 atom stereocenters. The number of aliphatic imine (C=N–C) groups is 1. The zero-order valence-electron chi connectivity index (χ0n) is 15.7. The quantitative estimate of drug-likeness (QED) is 0.417. The molecule has 1 aromatic heterocycles. The number of anilines is 1. The van der Waals surface area contributed by atoms with E-state index in [2.05, 4.69) is 25.8 Å². The molecule has 1 aliphatic rings. The molecule has 0 spiro atoms. The fraction of sp³-hybridized carbons (Fsp3) is 0.474. The van der Waals surface area contributed by atoms with Gasteiger partial charge in [0.15, 0.2) is 5.96 Å². The summed E-state index contributed by atoms with van der Waals surface area (Å²) < 4.78 is 1.97. The number of rotatable bonds is 8. The van der Waals surface area contributed by atoms with Gasteiger partial charge in [0, 0.05) is 38.3 Å². The highest BCUT2D eigenvalue weighted by Crippen LogP contribution is 2.20. The maximum atomic E-state index is 12.3. The fourth-order valence-corrected chi connectivity index (χ4v) is 3.11. The first-order chi connectivity index (χ1) is 13.3. The van der Waals surface area contributed by atoms with Crippen molar-refractivity contribution in [2.45, 2.75) is 38.8 Å². The lowest BCUT2D eigenvalue weighted by Gasteiger charge is -2.19. The van der Waals surface area contributed by atoms with Gasteiger partial charge in [0.25, 0.3) is 0 Å². The molecular weight excluding hydrogens is 342 g/mol. The Morgan fingerprint density at radius 1 is 1.22 bits per heavy atom. The lowest BCUT2D eigenvalue weighted by atomic mass is 10.2. The number of para-hydroxylation sites is 1. The van der Waals surface area contributed by atoms with Crippen LogP contribution in [0.25, 0.3) is 0 Å². The Morgan fingerprint density at radius 2 is 2.00 bits per heavy atom. The molecule has 3 rings (SSSR count). The second-order valence-electron chi connectivity index (χ2n) is 6.55. The minimum absolute atomic E-state index is 0.0625. The van der Waals surface area contributed by atoms with Crippen molar-refractivity contribution in [3.05, 3.63) is 43.0 Å². The van der Waals surface area contributed by atoms with Crippen molar-refractivity contribution in [1.29, 1.82) is 0 Å². The monoisotopic (exact) mass is 369 g/mol. The number of nitrogens with one attached hydrogen (secondary N) is 2. The molecule has 0 radical (unpaired) electrons. The Kier molecular flexibility index (Phi) is 6.78. The van der Waals surface area contributed by atoms with Crippen LogP contribution < -0.4 is 15.5 Å². The van der Waals surface area contributed by atoms with Crippen molar-refractivity contribution in [3.63, 3.8) is 0 Å². The SMILES string of the molecule is CCNC(=NCCCCn1cnnc1)NC1CC(=O)N(c2ccccc2)C1. The van der Waals surface area contributed by atoms with E-state index in [1.165, 1.54) is 0 Å². The highest BCUT2D eigenvalue weighted by atomic mass is 16.2. The van der Waals surface area contributed by atoms with Crippen molar-refractivity contribution < 1.29 is 4.79 Å². The van der Waals surface area contributed by atoms with Gasteiger partial charge in [-0.15, -0.1) is 10.2 Å². The summed E-state index contributed by atoms with van der Waals surface area (Å²) in [6, 6.07) is 9.86. The van der Waals surface area contributed by atoms with Crippen molar-refractivity contribution in [1.82, 2.24) is 25.4 Å². The standard InChI is InChI=1S/C19H27N7O/c1-2-20-19(21-10-6-7-11-25-14-22-23-15-25)24-16-12-18(27)26(13-16)17-8-4-3-5-9-17/h3-5,8-9,14-16H,2,6-7,10-13H2,1H3,(H2,20,21,24). The number of hydrogen-bond donors (Lipinski definition) is 2. The van der Waals surface area contributed by atoms with Crippen molar-refractivity contribution in [2.75, 3.05) is 24.5 Å². The van der Waals surface area contributed by atoms with Crippen LogP contribution >= 0.6 is 0 Å². The lowest BCUT2D eigenvalue weighted by Crippen LogP contribution is -2.44. The zero-order valence-corrected chi connectivity index (χ0v) is 15.7. The van der Waals surface area contributed by atoms with E-state index in [1.807, 2.05) is 46.7 Å². The van der Waals surface area contributed by atoms with Crippen LogP contribution in [-0.2, 0) is 11.3 Å². The molecule has 8 nitrogen and oxygen atoms in total. The van der Waals surface area contributed by atoms with Gasteiger partial charge in [0.2, 0.25) is 5.91 Å². The van der Waals surface area contributed by atoms with Gasteiger partial charge in [-0.3, -0.25) is 9.79 Å². The minimum atomic E-state index is 0.0625.